The Kier molecular flexibility index (Phi) is 5.42. The molecule has 5 heteroatoms. The average Bonchev–Trinajstić information content (AvgIpc) is 2.65. The molecule has 1 aromatic rings. The summed E-state index contributed by atoms with van der Waals surface area (Å²) in [4.78, 5) is 25.8. The van der Waals surface area contributed by atoms with Crippen LogP contribution < -0.4 is 5.32 Å². The fraction of sp³-hybridized carbons (Fsp3) is 0.625. The number of furan rings is 1. The van der Waals surface area contributed by atoms with Crippen molar-refractivity contribution in [3.8, 4) is 0 Å². The molecule has 2 amide bonds. The number of rotatable bonds is 5. The minimum atomic E-state index is -0.105. The summed E-state index contributed by atoms with van der Waals surface area (Å²) in [6.07, 6.45) is 4.68. The maximum Gasteiger partial charge on any atom is 0.254 e. The second-order valence-electron chi connectivity index (χ2n) is 5.63. The highest BCUT2D eigenvalue weighted by atomic mass is 16.3. The lowest BCUT2D eigenvalue weighted by atomic mass is 10.2. The second kappa shape index (κ2) is 7.29. The molecule has 0 saturated carbocycles. The van der Waals surface area contributed by atoms with Gasteiger partial charge < -0.3 is 14.6 Å². The molecule has 116 valence electrons. The fourth-order valence-corrected chi connectivity index (χ4v) is 2.70. The molecule has 0 unspecified atom stereocenters. The maximum absolute atomic E-state index is 12.0. The summed E-state index contributed by atoms with van der Waals surface area (Å²) in [5.41, 5.74) is 0.596. The highest BCUT2D eigenvalue weighted by Gasteiger charge is 2.16. The van der Waals surface area contributed by atoms with E-state index in [4.69, 9.17) is 4.42 Å². The van der Waals surface area contributed by atoms with Gasteiger partial charge in [0.2, 0.25) is 5.91 Å². The summed E-state index contributed by atoms with van der Waals surface area (Å²) in [6.45, 7) is 5.77. The topological polar surface area (TPSA) is 62.6 Å². The third-order valence-corrected chi connectivity index (χ3v) is 3.85. The van der Waals surface area contributed by atoms with E-state index in [-0.39, 0.29) is 11.8 Å². The Balaban J connectivity index is 1.73. The predicted octanol–water partition coefficient (Wildman–Crippen LogP) is 2.42. The van der Waals surface area contributed by atoms with Crippen LogP contribution in [0.25, 0.3) is 0 Å². The molecule has 1 aromatic heterocycles. The summed E-state index contributed by atoms with van der Waals surface area (Å²) in [5.74, 6) is 1.53. The SMILES string of the molecule is Cc1cc(C(=O)NCCCN2CCCCCC2=O)c(C)o1. The van der Waals surface area contributed by atoms with Crippen LogP contribution in [0.1, 0.15) is 54.0 Å². The highest BCUT2D eigenvalue weighted by Crippen LogP contribution is 2.13. The van der Waals surface area contributed by atoms with Crippen molar-refractivity contribution < 1.29 is 14.0 Å². The van der Waals surface area contributed by atoms with Crippen LogP contribution in [0.4, 0.5) is 0 Å². The van der Waals surface area contributed by atoms with Gasteiger partial charge in [0.05, 0.1) is 5.56 Å². The van der Waals surface area contributed by atoms with Gasteiger partial charge in [-0.3, -0.25) is 9.59 Å². The molecule has 0 atom stereocenters. The zero-order valence-electron chi connectivity index (χ0n) is 12.9. The first kappa shape index (κ1) is 15.6. The lowest BCUT2D eigenvalue weighted by molar-refractivity contribution is -0.130. The smallest absolute Gasteiger partial charge is 0.254 e. The Bertz CT molecular complexity index is 508. The number of nitrogens with zero attached hydrogens (tertiary/aromatic N) is 1. The summed E-state index contributed by atoms with van der Waals surface area (Å²) >= 11 is 0. The van der Waals surface area contributed by atoms with Crippen LogP contribution in [0.3, 0.4) is 0 Å². The van der Waals surface area contributed by atoms with Crippen LogP contribution in [0, 0.1) is 13.8 Å². The second-order valence-corrected chi connectivity index (χ2v) is 5.63. The zero-order chi connectivity index (χ0) is 15.2. The van der Waals surface area contributed by atoms with Gasteiger partial charge in [0.15, 0.2) is 0 Å². The largest absolute Gasteiger partial charge is 0.466 e. The molecule has 1 N–H and O–H groups in total. The van der Waals surface area contributed by atoms with Crippen LogP contribution >= 0.6 is 0 Å². The number of likely N-dealkylation sites (tertiary alicyclic amines) is 1. The van der Waals surface area contributed by atoms with Gasteiger partial charge in [-0.25, -0.2) is 0 Å². The maximum atomic E-state index is 12.0. The molecule has 0 aromatic carbocycles. The van der Waals surface area contributed by atoms with E-state index in [1.807, 2.05) is 11.8 Å². The van der Waals surface area contributed by atoms with Gasteiger partial charge in [0.25, 0.3) is 5.91 Å². The molecule has 2 heterocycles. The van der Waals surface area contributed by atoms with E-state index >= 15 is 0 Å². The summed E-state index contributed by atoms with van der Waals surface area (Å²) in [7, 11) is 0. The van der Waals surface area contributed by atoms with Crippen LogP contribution in [-0.2, 0) is 4.79 Å². The van der Waals surface area contributed by atoms with E-state index in [2.05, 4.69) is 5.32 Å². The van der Waals surface area contributed by atoms with E-state index in [1.165, 1.54) is 0 Å². The lowest BCUT2D eigenvalue weighted by Gasteiger charge is -2.20. The van der Waals surface area contributed by atoms with Crippen molar-refractivity contribution in [1.82, 2.24) is 10.2 Å². The Hall–Kier alpha value is -1.78. The van der Waals surface area contributed by atoms with Gasteiger partial charge in [-0.05, 0) is 39.2 Å². The molecule has 1 aliphatic rings. The van der Waals surface area contributed by atoms with Gasteiger partial charge in [-0.1, -0.05) is 6.42 Å². The van der Waals surface area contributed by atoms with Gasteiger partial charge in [0.1, 0.15) is 11.5 Å². The third kappa shape index (κ3) is 4.34. The number of hydrogen-bond acceptors (Lipinski definition) is 3. The van der Waals surface area contributed by atoms with E-state index in [0.29, 0.717) is 24.3 Å². The molecule has 0 radical (unpaired) electrons. The first-order chi connectivity index (χ1) is 10.1. The van der Waals surface area contributed by atoms with Crippen LogP contribution in [0.5, 0.6) is 0 Å². The molecule has 0 aliphatic carbocycles. The normalized spacial score (nSPS) is 15.9. The number of nitrogens with one attached hydrogen (secondary N) is 1. The molecule has 21 heavy (non-hydrogen) atoms. The Labute approximate surface area is 125 Å². The van der Waals surface area contributed by atoms with Crippen molar-refractivity contribution in [1.29, 1.82) is 0 Å². The first-order valence-corrected chi connectivity index (χ1v) is 7.71. The van der Waals surface area contributed by atoms with Gasteiger partial charge in [-0.2, -0.15) is 0 Å². The molecule has 1 saturated heterocycles. The molecular weight excluding hydrogens is 268 g/mol. The standard InChI is InChI=1S/C16H24N2O3/c1-12-11-14(13(2)21-12)16(20)17-8-6-10-18-9-5-3-4-7-15(18)19/h11H,3-10H2,1-2H3,(H,17,20). The van der Waals surface area contributed by atoms with E-state index in [9.17, 15) is 9.59 Å². The Morgan fingerprint density at radius 3 is 2.86 bits per heavy atom. The number of aryl methyl sites for hydroxylation is 2. The van der Waals surface area contributed by atoms with E-state index in [1.54, 1.807) is 13.0 Å². The minimum absolute atomic E-state index is 0.105. The highest BCUT2D eigenvalue weighted by molar-refractivity contribution is 5.95. The fourth-order valence-electron chi connectivity index (χ4n) is 2.70. The van der Waals surface area contributed by atoms with Crippen LogP contribution in [-0.4, -0.2) is 36.3 Å². The Morgan fingerprint density at radius 1 is 1.33 bits per heavy atom. The van der Waals surface area contributed by atoms with Crippen molar-refractivity contribution >= 4 is 11.8 Å². The lowest BCUT2D eigenvalue weighted by Crippen LogP contribution is -2.34. The molecule has 2 rings (SSSR count). The Morgan fingerprint density at radius 2 is 2.14 bits per heavy atom. The van der Waals surface area contributed by atoms with Gasteiger partial charge in [-0.15, -0.1) is 0 Å². The zero-order valence-corrected chi connectivity index (χ0v) is 12.9. The van der Waals surface area contributed by atoms with Crippen molar-refractivity contribution in [3.63, 3.8) is 0 Å². The monoisotopic (exact) mass is 292 g/mol. The summed E-state index contributed by atoms with van der Waals surface area (Å²) in [5, 5.41) is 2.89. The number of hydrogen-bond donors (Lipinski definition) is 1. The predicted molar refractivity (Wildman–Crippen MR) is 80.2 cm³/mol. The number of carbonyl (C=O) groups excluding carboxylic acids is 2. The third-order valence-electron chi connectivity index (χ3n) is 3.85. The van der Waals surface area contributed by atoms with Crippen molar-refractivity contribution in [2.24, 2.45) is 0 Å². The number of amides is 2. The van der Waals surface area contributed by atoms with Gasteiger partial charge in [0, 0.05) is 26.1 Å². The van der Waals surface area contributed by atoms with Crippen molar-refractivity contribution in [3.05, 3.63) is 23.2 Å². The molecular formula is C16H24N2O3. The first-order valence-electron chi connectivity index (χ1n) is 7.71. The average molecular weight is 292 g/mol. The van der Waals surface area contributed by atoms with E-state index in [0.717, 1.165) is 44.5 Å². The molecule has 1 aliphatic heterocycles. The number of carbonyl (C=O) groups is 2. The molecule has 0 bridgehead atoms. The molecule has 0 spiro atoms. The van der Waals surface area contributed by atoms with Crippen LogP contribution in [0.2, 0.25) is 0 Å². The quantitative estimate of drug-likeness (QED) is 0.848. The minimum Gasteiger partial charge on any atom is -0.466 e. The van der Waals surface area contributed by atoms with Crippen LogP contribution in [0.15, 0.2) is 10.5 Å². The van der Waals surface area contributed by atoms with E-state index < -0.39 is 0 Å². The van der Waals surface area contributed by atoms with Gasteiger partial charge >= 0.3 is 0 Å². The summed E-state index contributed by atoms with van der Waals surface area (Å²) < 4.78 is 5.35. The molecule has 5 nitrogen and oxygen atoms in total. The molecule has 1 fully saturated rings. The van der Waals surface area contributed by atoms with Crippen molar-refractivity contribution in [2.75, 3.05) is 19.6 Å². The van der Waals surface area contributed by atoms with Crippen molar-refractivity contribution in [2.45, 2.75) is 46.0 Å². The summed E-state index contributed by atoms with van der Waals surface area (Å²) in [6, 6.07) is 1.75.